The van der Waals surface area contributed by atoms with Crippen LogP contribution in [0.5, 0.6) is 0 Å². The topological polar surface area (TPSA) is 38.4 Å². The van der Waals surface area contributed by atoms with Crippen molar-refractivity contribution in [1.29, 1.82) is 0 Å². The molecule has 0 saturated heterocycles. The lowest BCUT2D eigenvalue weighted by molar-refractivity contribution is 0.249. The van der Waals surface area contributed by atoms with Gasteiger partial charge in [0.1, 0.15) is 0 Å². The van der Waals surface area contributed by atoms with Gasteiger partial charge in [-0.1, -0.05) is 30.2 Å². The maximum atomic E-state index is 5.93. The van der Waals surface area contributed by atoms with Gasteiger partial charge < -0.3 is 5.73 Å². The maximum Gasteiger partial charge on any atom is 0.159 e. The van der Waals surface area contributed by atoms with E-state index >= 15 is 0 Å². The highest BCUT2D eigenvalue weighted by Crippen LogP contribution is 2.48. The smallest absolute Gasteiger partial charge is 0.159 e. The van der Waals surface area contributed by atoms with Crippen LogP contribution in [0.2, 0.25) is 0 Å². The molecule has 15 heavy (non-hydrogen) atoms. The number of amidine groups is 1. The van der Waals surface area contributed by atoms with Crippen LogP contribution < -0.4 is 5.73 Å². The summed E-state index contributed by atoms with van der Waals surface area (Å²) < 4.78 is 0. The fraction of sp³-hybridized carbons (Fsp3) is 0.750. The summed E-state index contributed by atoms with van der Waals surface area (Å²) >= 11 is 1.69. The summed E-state index contributed by atoms with van der Waals surface area (Å²) in [7, 11) is 0. The minimum absolute atomic E-state index is 0.0835. The highest BCUT2D eigenvalue weighted by atomic mass is 32.2. The van der Waals surface area contributed by atoms with Crippen LogP contribution in [0.4, 0.5) is 0 Å². The molecule has 2 nitrogen and oxygen atoms in total. The first-order chi connectivity index (χ1) is 7.03. The van der Waals surface area contributed by atoms with Crippen molar-refractivity contribution in [3.8, 4) is 0 Å². The number of allylic oxidation sites excluding steroid dienone is 1. The fourth-order valence-corrected chi connectivity index (χ4v) is 3.97. The van der Waals surface area contributed by atoms with E-state index in [9.17, 15) is 0 Å². The van der Waals surface area contributed by atoms with Crippen LogP contribution in [0.3, 0.4) is 0 Å². The Hall–Kier alpha value is -0.440. The first kappa shape index (κ1) is 11.1. The number of aliphatic imine (C=N–C) groups is 1. The lowest BCUT2D eigenvalue weighted by Crippen LogP contribution is -2.41. The molecule has 2 N–H and O–H groups in total. The first-order valence-corrected chi connectivity index (χ1v) is 6.55. The Balaban J connectivity index is 2.42. The molecular weight excluding hydrogens is 204 g/mol. The highest BCUT2D eigenvalue weighted by Gasteiger charge is 2.42. The molecule has 0 radical (unpaired) electrons. The minimum atomic E-state index is 0.0835. The van der Waals surface area contributed by atoms with E-state index in [2.05, 4.69) is 20.8 Å². The van der Waals surface area contributed by atoms with Crippen molar-refractivity contribution in [3.63, 3.8) is 0 Å². The first-order valence-electron chi connectivity index (χ1n) is 5.73. The molecule has 0 spiro atoms. The van der Waals surface area contributed by atoms with Crippen LogP contribution >= 0.6 is 11.8 Å². The molecule has 0 bridgehead atoms. The number of rotatable bonds is 0. The van der Waals surface area contributed by atoms with E-state index in [1.165, 1.54) is 36.2 Å². The standard InChI is InChI=1S/C12H20N2S/c1-8(2)10-9-6-4-5-7-12(9,3)14-11(13)15-10/h9H,4-7H2,1-3H3,(H2,13,14). The van der Waals surface area contributed by atoms with Gasteiger partial charge in [0, 0.05) is 5.92 Å². The molecular formula is C12H20N2S. The lowest BCUT2D eigenvalue weighted by atomic mass is 9.73. The molecule has 2 rings (SSSR count). The van der Waals surface area contributed by atoms with Gasteiger partial charge in [-0.3, -0.25) is 4.99 Å². The van der Waals surface area contributed by atoms with Crippen LogP contribution in [0.25, 0.3) is 0 Å². The summed E-state index contributed by atoms with van der Waals surface area (Å²) in [6.45, 7) is 6.65. The van der Waals surface area contributed by atoms with E-state index in [-0.39, 0.29) is 5.54 Å². The Kier molecular flexibility index (Phi) is 2.84. The summed E-state index contributed by atoms with van der Waals surface area (Å²) in [6.07, 6.45) is 5.11. The molecule has 1 fully saturated rings. The summed E-state index contributed by atoms with van der Waals surface area (Å²) in [5.74, 6) is 0.619. The molecule has 1 saturated carbocycles. The van der Waals surface area contributed by atoms with Gasteiger partial charge in [-0.05, 0) is 38.5 Å². The second kappa shape index (κ2) is 3.85. The number of nitrogens with zero attached hydrogens (tertiary/aromatic N) is 1. The zero-order valence-electron chi connectivity index (χ0n) is 9.84. The normalized spacial score (nSPS) is 35.8. The summed E-state index contributed by atoms with van der Waals surface area (Å²) in [5, 5.41) is 0.756. The van der Waals surface area contributed by atoms with Gasteiger partial charge in [-0.15, -0.1) is 0 Å². The molecule has 0 aromatic heterocycles. The third-order valence-electron chi connectivity index (χ3n) is 3.57. The third-order valence-corrected chi connectivity index (χ3v) is 4.78. The van der Waals surface area contributed by atoms with Crippen LogP contribution in [0.1, 0.15) is 46.5 Å². The second-order valence-electron chi connectivity index (χ2n) is 5.07. The predicted octanol–water partition coefficient (Wildman–Crippen LogP) is 3.29. The van der Waals surface area contributed by atoms with Gasteiger partial charge in [0.2, 0.25) is 0 Å². The SMILES string of the molecule is CC(C)=C1SC(N)=NC2(C)CCCCC12. The molecule has 1 aliphatic carbocycles. The summed E-state index contributed by atoms with van der Waals surface area (Å²) in [5.41, 5.74) is 7.43. The zero-order chi connectivity index (χ0) is 11.1. The minimum Gasteiger partial charge on any atom is -0.378 e. The molecule has 1 heterocycles. The molecule has 84 valence electrons. The van der Waals surface area contributed by atoms with E-state index in [0.717, 1.165) is 5.17 Å². The van der Waals surface area contributed by atoms with Gasteiger partial charge in [-0.25, -0.2) is 0 Å². The van der Waals surface area contributed by atoms with E-state index < -0.39 is 0 Å². The van der Waals surface area contributed by atoms with Gasteiger partial charge in [0.25, 0.3) is 0 Å². The lowest BCUT2D eigenvalue weighted by Gasteiger charge is -2.43. The van der Waals surface area contributed by atoms with Crippen molar-refractivity contribution in [1.82, 2.24) is 0 Å². The predicted molar refractivity (Wildman–Crippen MR) is 68.0 cm³/mol. The van der Waals surface area contributed by atoms with E-state index in [1.807, 2.05) is 0 Å². The fourth-order valence-electron chi connectivity index (χ4n) is 2.77. The van der Waals surface area contributed by atoms with Crippen molar-refractivity contribution in [2.45, 2.75) is 52.0 Å². The number of hydrogen-bond acceptors (Lipinski definition) is 3. The Morgan fingerprint density at radius 2 is 2.20 bits per heavy atom. The summed E-state index contributed by atoms with van der Waals surface area (Å²) in [6, 6.07) is 0. The molecule has 2 atom stereocenters. The van der Waals surface area contributed by atoms with Crippen LogP contribution in [0.15, 0.2) is 15.5 Å². The molecule has 3 heteroatoms. The zero-order valence-corrected chi connectivity index (χ0v) is 10.7. The van der Waals surface area contributed by atoms with E-state index in [0.29, 0.717) is 5.92 Å². The number of thioether (sulfide) groups is 1. The van der Waals surface area contributed by atoms with Crippen LogP contribution in [-0.2, 0) is 0 Å². The average Bonchev–Trinajstić information content (AvgIpc) is 2.14. The molecule has 0 aromatic carbocycles. The van der Waals surface area contributed by atoms with Crippen molar-refractivity contribution >= 4 is 16.9 Å². The highest BCUT2D eigenvalue weighted by molar-refractivity contribution is 8.17. The van der Waals surface area contributed by atoms with Crippen LogP contribution in [0, 0.1) is 5.92 Å². The molecule has 0 aromatic rings. The van der Waals surface area contributed by atoms with Gasteiger partial charge >= 0.3 is 0 Å². The molecule has 2 unspecified atom stereocenters. The molecule has 0 amide bonds. The largest absolute Gasteiger partial charge is 0.378 e. The van der Waals surface area contributed by atoms with Crippen LogP contribution in [-0.4, -0.2) is 10.7 Å². The van der Waals surface area contributed by atoms with E-state index in [1.54, 1.807) is 11.8 Å². The number of hydrogen-bond donors (Lipinski definition) is 1. The van der Waals surface area contributed by atoms with E-state index in [4.69, 9.17) is 10.7 Å². The Morgan fingerprint density at radius 1 is 1.47 bits per heavy atom. The van der Waals surface area contributed by atoms with Crippen molar-refractivity contribution in [2.24, 2.45) is 16.6 Å². The van der Waals surface area contributed by atoms with Gasteiger partial charge in [0.05, 0.1) is 5.54 Å². The van der Waals surface area contributed by atoms with Crippen molar-refractivity contribution in [3.05, 3.63) is 10.5 Å². The monoisotopic (exact) mass is 224 g/mol. The van der Waals surface area contributed by atoms with Gasteiger partial charge in [0.15, 0.2) is 5.17 Å². The van der Waals surface area contributed by atoms with Gasteiger partial charge in [-0.2, -0.15) is 0 Å². The maximum absolute atomic E-state index is 5.93. The Bertz CT molecular complexity index is 329. The third kappa shape index (κ3) is 1.94. The second-order valence-corrected chi connectivity index (χ2v) is 6.13. The Morgan fingerprint density at radius 3 is 2.87 bits per heavy atom. The van der Waals surface area contributed by atoms with Crippen molar-refractivity contribution < 1.29 is 0 Å². The number of nitrogens with two attached hydrogens (primary N) is 1. The van der Waals surface area contributed by atoms with Crippen molar-refractivity contribution in [2.75, 3.05) is 0 Å². The number of fused-ring (bicyclic) bond motifs is 1. The molecule has 1 aliphatic heterocycles. The molecule has 2 aliphatic rings. The quantitative estimate of drug-likeness (QED) is 0.685. The Labute approximate surface area is 96.4 Å². The average molecular weight is 224 g/mol. The summed E-state index contributed by atoms with van der Waals surface area (Å²) in [4.78, 5) is 6.17.